The van der Waals surface area contributed by atoms with Gasteiger partial charge in [0.2, 0.25) is 5.88 Å². The summed E-state index contributed by atoms with van der Waals surface area (Å²) in [7, 11) is 1.61. The fourth-order valence-electron chi connectivity index (χ4n) is 6.47. The average molecular weight is 549 g/mol. The Hall–Kier alpha value is -3.55. The highest BCUT2D eigenvalue weighted by molar-refractivity contribution is 5.97. The number of aryl methyl sites for hydroxylation is 1. The Bertz CT molecular complexity index is 1260. The Balaban J connectivity index is 1.61. The molecular weight excluding hydrogens is 504 g/mol. The molecule has 0 bridgehead atoms. The van der Waals surface area contributed by atoms with E-state index in [-0.39, 0.29) is 18.0 Å². The zero-order chi connectivity index (χ0) is 29.0. The minimum atomic E-state index is -0.848. The highest BCUT2D eigenvalue weighted by Gasteiger charge is 2.37. The number of aromatic nitrogens is 1. The summed E-state index contributed by atoms with van der Waals surface area (Å²) in [4.78, 5) is 34.2. The molecule has 0 radical (unpaired) electrons. The maximum Gasteiger partial charge on any atom is 0.407 e. The van der Waals surface area contributed by atoms with Crippen molar-refractivity contribution in [2.45, 2.75) is 97.3 Å². The number of anilines is 1. The van der Waals surface area contributed by atoms with Gasteiger partial charge in [0.25, 0.3) is 5.91 Å². The first-order valence-corrected chi connectivity index (χ1v) is 14.4. The predicted molar refractivity (Wildman–Crippen MR) is 158 cm³/mol. The highest BCUT2D eigenvalue weighted by atomic mass is 16.5. The summed E-state index contributed by atoms with van der Waals surface area (Å²) < 4.78 is 5.56. The number of carbonyl (C=O) groups is 2. The van der Waals surface area contributed by atoms with Crippen molar-refractivity contribution in [3.05, 3.63) is 64.4 Å². The third-order valence-electron chi connectivity index (χ3n) is 8.20. The molecular formula is C32H44N4O4. The number of benzene rings is 1. The van der Waals surface area contributed by atoms with E-state index in [1.807, 2.05) is 39.8 Å². The van der Waals surface area contributed by atoms with Crippen LogP contribution in [-0.4, -0.2) is 58.3 Å². The van der Waals surface area contributed by atoms with Gasteiger partial charge in [-0.25, -0.2) is 9.78 Å². The van der Waals surface area contributed by atoms with E-state index < -0.39 is 11.6 Å². The SMILES string of the molecule is CCN(c1cccc2c1CC=CCc1cc(C)nc(OC)c1CNC2=O)C1CCC(N(C(=O)O)C(C)(C)C)CC1. The topological polar surface area (TPSA) is 95.0 Å². The quantitative estimate of drug-likeness (QED) is 0.452. The summed E-state index contributed by atoms with van der Waals surface area (Å²) in [6, 6.07) is 8.37. The van der Waals surface area contributed by atoms with Crippen molar-refractivity contribution in [1.82, 2.24) is 15.2 Å². The van der Waals surface area contributed by atoms with Gasteiger partial charge in [0.15, 0.2) is 0 Å². The van der Waals surface area contributed by atoms with Gasteiger partial charge in [-0.2, -0.15) is 0 Å². The molecule has 2 aliphatic rings. The Labute approximate surface area is 238 Å². The molecule has 8 nitrogen and oxygen atoms in total. The number of hydrogen-bond acceptors (Lipinski definition) is 5. The lowest BCUT2D eigenvalue weighted by molar-refractivity contribution is 0.0545. The first-order valence-electron chi connectivity index (χ1n) is 14.4. The van der Waals surface area contributed by atoms with Crippen LogP contribution in [0.25, 0.3) is 0 Å². The number of carboxylic acid groups (broad SMARTS) is 1. The van der Waals surface area contributed by atoms with Crippen LogP contribution in [0.15, 0.2) is 36.4 Å². The first kappa shape index (κ1) is 29.4. The number of allylic oxidation sites excluding steroid dienone is 2. The molecule has 1 saturated carbocycles. The van der Waals surface area contributed by atoms with E-state index in [9.17, 15) is 14.7 Å². The van der Waals surface area contributed by atoms with Crippen molar-refractivity contribution in [1.29, 1.82) is 0 Å². The van der Waals surface area contributed by atoms with Crippen LogP contribution in [-0.2, 0) is 19.4 Å². The second kappa shape index (κ2) is 12.3. The lowest BCUT2D eigenvalue weighted by Crippen LogP contribution is -2.53. The Kier molecular flexibility index (Phi) is 9.06. The number of nitrogens with one attached hydrogen (secondary N) is 1. The molecule has 0 saturated heterocycles. The molecule has 2 heterocycles. The molecule has 2 N–H and O–H groups in total. The number of carbonyl (C=O) groups excluding carboxylic acids is 1. The summed E-state index contributed by atoms with van der Waals surface area (Å²) in [6.07, 6.45) is 8.34. The molecule has 0 spiro atoms. The standard InChI is InChI=1S/C32H44N4O4/c1-7-35(23-15-17-24(18-16-23)36(31(38)39)32(3,4)5)28-14-10-13-26-25(28)12-9-8-11-22-19-21(2)34-30(40-6)27(22)20-33-29(26)37/h8-10,13-14,19,23-24H,7,11-12,15-18,20H2,1-6H3,(H,33,37)(H,38,39). The van der Waals surface area contributed by atoms with Crippen LogP contribution in [0.3, 0.4) is 0 Å². The number of nitrogens with zero attached hydrogens (tertiary/aromatic N) is 3. The fourth-order valence-corrected chi connectivity index (χ4v) is 6.47. The zero-order valence-corrected chi connectivity index (χ0v) is 24.8. The molecule has 0 atom stereocenters. The van der Waals surface area contributed by atoms with E-state index in [2.05, 4.69) is 46.4 Å². The molecule has 0 unspecified atom stereocenters. The third kappa shape index (κ3) is 6.26. The molecule has 2 aromatic rings. The van der Waals surface area contributed by atoms with Crippen LogP contribution in [0.2, 0.25) is 0 Å². The van der Waals surface area contributed by atoms with Gasteiger partial charge in [-0.3, -0.25) is 4.79 Å². The van der Waals surface area contributed by atoms with Gasteiger partial charge in [-0.05, 0) is 102 Å². The van der Waals surface area contributed by atoms with E-state index in [1.165, 1.54) is 0 Å². The van der Waals surface area contributed by atoms with Gasteiger partial charge in [-0.15, -0.1) is 0 Å². The fraction of sp³-hybridized carbons (Fsp3) is 0.531. The number of amides is 2. The third-order valence-corrected chi connectivity index (χ3v) is 8.20. The maximum atomic E-state index is 13.6. The van der Waals surface area contributed by atoms with Crippen LogP contribution in [0.5, 0.6) is 5.88 Å². The molecule has 1 aliphatic heterocycles. The summed E-state index contributed by atoms with van der Waals surface area (Å²) in [6.45, 7) is 11.2. The molecule has 216 valence electrons. The normalized spacial score (nSPS) is 19.5. The monoisotopic (exact) mass is 548 g/mol. The van der Waals surface area contributed by atoms with Gasteiger partial charge in [-0.1, -0.05) is 18.2 Å². The summed E-state index contributed by atoms with van der Waals surface area (Å²) in [5.74, 6) is 0.445. The van der Waals surface area contributed by atoms with Crippen molar-refractivity contribution in [3.63, 3.8) is 0 Å². The van der Waals surface area contributed by atoms with E-state index in [1.54, 1.807) is 12.0 Å². The highest BCUT2D eigenvalue weighted by Crippen LogP contribution is 2.35. The molecule has 1 fully saturated rings. The number of hydrogen-bond donors (Lipinski definition) is 2. The molecule has 8 heteroatoms. The lowest BCUT2D eigenvalue weighted by Gasteiger charge is -2.45. The summed E-state index contributed by atoms with van der Waals surface area (Å²) >= 11 is 0. The van der Waals surface area contributed by atoms with E-state index >= 15 is 0 Å². The molecule has 1 aromatic carbocycles. The van der Waals surface area contributed by atoms with Gasteiger partial charge in [0.05, 0.1) is 7.11 Å². The van der Waals surface area contributed by atoms with Crippen molar-refractivity contribution in [3.8, 4) is 5.88 Å². The summed E-state index contributed by atoms with van der Waals surface area (Å²) in [5.41, 5.74) is 5.25. The summed E-state index contributed by atoms with van der Waals surface area (Å²) in [5, 5.41) is 13.0. The smallest absolute Gasteiger partial charge is 0.407 e. The maximum absolute atomic E-state index is 13.6. The number of rotatable bonds is 5. The molecule has 1 aromatic heterocycles. The molecule has 1 aliphatic carbocycles. The number of fused-ring (bicyclic) bond motifs is 2. The van der Waals surface area contributed by atoms with Crippen LogP contribution >= 0.6 is 0 Å². The van der Waals surface area contributed by atoms with E-state index in [0.717, 1.165) is 66.7 Å². The molecule has 4 rings (SSSR count). The Morgan fingerprint density at radius 3 is 2.40 bits per heavy atom. The van der Waals surface area contributed by atoms with Gasteiger partial charge in [0.1, 0.15) is 0 Å². The second-order valence-electron chi connectivity index (χ2n) is 11.8. The minimum absolute atomic E-state index is 0.0188. The number of methoxy groups -OCH3 is 1. The number of ether oxygens (including phenoxy) is 1. The van der Waals surface area contributed by atoms with Crippen molar-refractivity contribution >= 4 is 17.7 Å². The van der Waals surface area contributed by atoms with Gasteiger partial charge in [0, 0.05) is 53.2 Å². The van der Waals surface area contributed by atoms with Crippen LogP contribution < -0.4 is 15.0 Å². The van der Waals surface area contributed by atoms with Gasteiger partial charge >= 0.3 is 6.09 Å². The van der Waals surface area contributed by atoms with E-state index in [4.69, 9.17) is 4.74 Å². The molecule has 40 heavy (non-hydrogen) atoms. The lowest BCUT2D eigenvalue weighted by atomic mass is 9.86. The van der Waals surface area contributed by atoms with Crippen LogP contribution in [0.1, 0.15) is 86.1 Å². The molecule has 2 amide bonds. The largest absolute Gasteiger partial charge is 0.481 e. The van der Waals surface area contributed by atoms with Crippen LogP contribution in [0.4, 0.5) is 10.5 Å². The van der Waals surface area contributed by atoms with Crippen LogP contribution in [0, 0.1) is 6.92 Å². The van der Waals surface area contributed by atoms with Crippen molar-refractivity contribution in [2.75, 3.05) is 18.6 Å². The minimum Gasteiger partial charge on any atom is -0.481 e. The average Bonchev–Trinajstić information content (AvgIpc) is 2.93. The van der Waals surface area contributed by atoms with Gasteiger partial charge < -0.3 is 25.0 Å². The zero-order valence-electron chi connectivity index (χ0n) is 24.8. The Morgan fingerprint density at radius 1 is 1.10 bits per heavy atom. The van der Waals surface area contributed by atoms with Crippen molar-refractivity contribution in [2.24, 2.45) is 0 Å². The van der Waals surface area contributed by atoms with Crippen molar-refractivity contribution < 1.29 is 19.4 Å². The Morgan fingerprint density at radius 2 is 1.77 bits per heavy atom. The predicted octanol–water partition coefficient (Wildman–Crippen LogP) is 5.90. The van der Waals surface area contributed by atoms with E-state index in [0.29, 0.717) is 24.4 Å². The second-order valence-corrected chi connectivity index (χ2v) is 11.8. The first-order chi connectivity index (χ1) is 19.0. The number of pyridine rings is 1.